The molecule has 9 heteroatoms. The highest BCUT2D eigenvalue weighted by Crippen LogP contribution is 2.18. The number of aromatic amines is 1. The number of carbonyl (C=O) groups is 1. The first-order chi connectivity index (χ1) is 6.41. The van der Waals surface area contributed by atoms with E-state index < -0.39 is 21.7 Å². The van der Waals surface area contributed by atoms with E-state index in [0.717, 1.165) is 0 Å². The summed E-state index contributed by atoms with van der Waals surface area (Å²) in [6.45, 7) is 0. The molecule has 1 aromatic rings. The number of carboxylic acids is 1. The number of nitrogens with zero attached hydrogens (tertiary/aromatic N) is 1. The van der Waals surface area contributed by atoms with Crippen LogP contribution < -0.4 is 4.72 Å². The Hall–Kier alpha value is -1.09. The SMILES string of the molecule is O=C(O)CS(=O)(=O)Nc1[nH]ncc1Br. The number of aliphatic carboxylic acids is 1. The molecule has 0 saturated heterocycles. The van der Waals surface area contributed by atoms with E-state index in [1.807, 2.05) is 4.72 Å². The zero-order chi connectivity index (χ0) is 10.8. The van der Waals surface area contributed by atoms with Crippen molar-refractivity contribution in [2.45, 2.75) is 0 Å². The van der Waals surface area contributed by atoms with Gasteiger partial charge in [0.15, 0.2) is 5.75 Å². The van der Waals surface area contributed by atoms with E-state index in [0.29, 0.717) is 4.47 Å². The molecular formula is C5H6BrN3O4S. The maximum atomic E-state index is 11.1. The van der Waals surface area contributed by atoms with E-state index in [4.69, 9.17) is 5.11 Å². The van der Waals surface area contributed by atoms with E-state index in [-0.39, 0.29) is 5.82 Å². The Kier molecular flexibility index (Phi) is 3.11. The summed E-state index contributed by atoms with van der Waals surface area (Å²) >= 11 is 3.02. The Labute approximate surface area is 87.7 Å². The number of anilines is 1. The van der Waals surface area contributed by atoms with Crippen LogP contribution in [0.1, 0.15) is 0 Å². The molecule has 0 unspecified atom stereocenters. The van der Waals surface area contributed by atoms with Gasteiger partial charge in [0.2, 0.25) is 10.0 Å². The first-order valence-electron chi connectivity index (χ1n) is 3.32. The van der Waals surface area contributed by atoms with E-state index >= 15 is 0 Å². The summed E-state index contributed by atoms with van der Waals surface area (Å²) in [5.74, 6) is -2.31. The molecule has 0 aliphatic carbocycles. The molecule has 0 amide bonds. The lowest BCUT2D eigenvalue weighted by molar-refractivity contribution is -0.134. The van der Waals surface area contributed by atoms with Gasteiger partial charge in [-0.05, 0) is 15.9 Å². The molecule has 1 rings (SSSR count). The smallest absolute Gasteiger partial charge is 0.320 e. The third-order valence-corrected chi connectivity index (χ3v) is 2.91. The Bertz CT molecular complexity index is 440. The van der Waals surface area contributed by atoms with Crippen LogP contribution in [-0.4, -0.2) is 35.4 Å². The highest BCUT2D eigenvalue weighted by molar-refractivity contribution is 9.10. The van der Waals surface area contributed by atoms with Gasteiger partial charge in [0.1, 0.15) is 5.82 Å². The second-order valence-corrected chi connectivity index (χ2v) is 4.92. The number of H-pyrrole nitrogens is 1. The minimum atomic E-state index is -3.88. The van der Waals surface area contributed by atoms with Crippen molar-refractivity contribution in [1.82, 2.24) is 10.2 Å². The largest absolute Gasteiger partial charge is 0.480 e. The molecule has 0 aliphatic heterocycles. The van der Waals surface area contributed by atoms with E-state index in [1.165, 1.54) is 6.20 Å². The van der Waals surface area contributed by atoms with Gasteiger partial charge >= 0.3 is 5.97 Å². The molecule has 1 heterocycles. The Morgan fingerprint density at radius 3 is 2.79 bits per heavy atom. The minimum Gasteiger partial charge on any atom is -0.480 e. The predicted molar refractivity (Wildman–Crippen MR) is 51.3 cm³/mol. The van der Waals surface area contributed by atoms with Crippen molar-refractivity contribution in [3.8, 4) is 0 Å². The normalized spacial score (nSPS) is 11.2. The quantitative estimate of drug-likeness (QED) is 0.720. The van der Waals surface area contributed by atoms with Crippen molar-refractivity contribution >= 4 is 37.7 Å². The van der Waals surface area contributed by atoms with Crippen LogP contribution in [0.2, 0.25) is 0 Å². The maximum absolute atomic E-state index is 11.1. The van der Waals surface area contributed by atoms with Crippen molar-refractivity contribution in [2.24, 2.45) is 0 Å². The molecule has 0 saturated carbocycles. The molecule has 0 bridgehead atoms. The standard InChI is InChI=1S/C5H6BrN3O4S/c6-3-1-7-8-5(3)9-14(12,13)2-4(10)11/h1H,2H2,(H,10,11)(H2,7,8,9). The third kappa shape index (κ3) is 3.00. The van der Waals surface area contributed by atoms with Crippen molar-refractivity contribution in [2.75, 3.05) is 10.5 Å². The van der Waals surface area contributed by atoms with Crippen LogP contribution in [-0.2, 0) is 14.8 Å². The Morgan fingerprint density at radius 2 is 2.36 bits per heavy atom. The fraction of sp³-hybridized carbons (Fsp3) is 0.200. The van der Waals surface area contributed by atoms with Gasteiger partial charge in [-0.2, -0.15) is 5.10 Å². The van der Waals surface area contributed by atoms with Crippen LogP contribution in [0.5, 0.6) is 0 Å². The van der Waals surface area contributed by atoms with Gasteiger partial charge in [0, 0.05) is 0 Å². The second-order valence-electron chi connectivity index (χ2n) is 2.35. The third-order valence-electron chi connectivity index (χ3n) is 1.16. The van der Waals surface area contributed by atoms with Crippen LogP contribution in [0.25, 0.3) is 0 Å². The average Bonchev–Trinajstić information content (AvgIpc) is 2.32. The molecule has 0 aliphatic rings. The summed E-state index contributed by atoms with van der Waals surface area (Å²) in [5.41, 5.74) is 0. The van der Waals surface area contributed by atoms with Crippen molar-refractivity contribution in [3.05, 3.63) is 10.7 Å². The molecule has 14 heavy (non-hydrogen) atoms. The number of sulfonamides is 1. The zero-order valence-electron chi connectivity index (χ0n) is 6.69. The summed E-state index contributed by atoms with van der Waals surface area (Å²) in [5, 5.41) is 14.2. The lowest BCUT2D eigenvalue weighted by Crippen LogP contribution is -2.22. The van der Waals surface area contributed by atoms with Crippen molar-refractivity contribution < 1.29 is 18.3 Å². The van der Waals surface area contributed by atoms with Gasteiger partial charge in [0.25, 0.3) is 0 Å². The number of aromatic nitrogens is 2. The number of halogens is 1. The molecule has 7 nitrogen and oxygen atoms in total. The lowest BCUT2D eigenvalue weighted by Gasteiger charge is -2.02. The Morgan fingerprint density at radius 1 is 1.71 bits per heavy atom. The van der Waals surface area contributed by atoms with E-state index in [9.17, 15) is 13.2 Å². The number of hydrogen-bond donors (Lipinski definition) is 3. The van der Waals surface area contributed by atoms with Crippen LogP contribution in [0.15, 0.2) is 10.7 Å². The van der Waals surface area contributed by atoms with E-state index in [2.05, 4.69) is 26.1 Å². The van der Waals surface area contributed by atoms with Gasteiger partial charge < -0.3 is 5.11 Å². The Balaban J connectivity index is 2.79. The number of rotatable bonds is 4. The van der Waals surface area contributed by atoms with Crippen LogP contribution in [0, 0.1) is 0 Å². The predicted octanol–water partition coefficient (Wildman–Crippen LogP) is -0.00150. The van der Waals surface area contributed by atoms with Crippen LogP contribution in [0.3, 0.4) is 0 Å². The van der Waals surface area contributed by atoms with Crippen LogP contribution in [0.4, 0.5) is 5.82 Å². The number of nitrogens with one attached hydrogen (secondary N) is 2. The average molecular weight is 284 g/mol. The topological polar surface area (TPSA) is 112 Å². The molecule has 0 radical (unpaired) electrons. The first kappa shape index (κ1) is 11.0. The summed E-state index contributed by atoms with van der Waals surface area (Å²) < 4.78 is 24.6. The number of carboxylic acid groups (broad SMARTS) is 1. The monoisotopic (exact) mass is 283 g/mol. The molecule has 78 valence electrons. The van der Waals surface area contributed by atoms with Crippen molar-refractivity contribution in [1.29, 1.82) is 0 Å². The molecular weight excluding hydrogens is 278 g/mol. The zero-order valence-corrected chi connectivity index (χ0v) is 9.09. The molecule has 0 atom stereocenters. The highest BCUT2D eigenvalue weighted by atomic mass is 79.9. The van der Waals surface area contributed by atoms with E-state index in [1.54, 1.807) is 0 Å². The molecule has 0 spiro atoms. The fourth-order valence-corrected chi connectivity index (χ4v) is 1.98. The highest BCUT2D eigenvalue weighted by Gasteiger charge is 2.17. The van der Waals surface area contributed by atoms with Gasteiger partial charge in [-0.3, -0.25) is 14.6 Å². The molecule has 0 fully saturated rings. The molecule has 1 aromatic heterocycles. The van der Waals surface area contributed by atoms with Gasteiger partial charge in [-0.25, -0.2) is 8.42 Å². The fourth-order valence-electron chi connectivity index (χ4n) is 0.697. The molecule has 3 N–H and O–H groups in total. The summed E-state index contributed by atoms with van der Waals surface area (Å²) in [7, 11) is -3.88. The summed E-state index contributed by atoms with van der Waals surface area (Å²) in [6.07, 6.45) is 1.35. The first-order valence-corrected chi connectivity index (χ1v) is 5.76. The van der Waals surface area contributed by atoms with Crippen molar-refractivity contribution in [3.63, 3.8) is 0 Å². The van der Waals surface area contributed by atoms with Gasteiger partial charge in [0.05, 0.1) is 10.7 Å². The lowest BCUT2D eigenvalue weighted by atomic mass is 10.7. The van der Waals surface area contributed by atoms with Gasteiger partial charge in [-0.15, -0.1) is 0 Å². The minimum absolute atomic E-state index is 0.103. The van der Waals surface area contributed by atoms with Crippen LogP contribution >= 0.6 is 15.9 Å². The summed E-state index contributed by atoms with van der Waals surface area (Å²) in [4.78, 5) is 10.2. The maximum Gasteiger partial charge on any atom is 0.320 e. The van der Waals surface area contributed by atoms with Gasteiger partial charge in [-0.1, -0.05) is 0 Å². The number of hydrogen-bond acceptors (Lipinski definition) is 4. The molecule has 0 aromatic carbocycles. The summed E-state index contributed by atoms with van der Waals surface area (Å²) in [6, 6.07) is 0. The second kappa shape index (κ2) is 3.96.